The Morgan fingerprint density at radius 2 is 1.91 bits per heavy atom. The molecule has 22 heavy (non-hydrogen) atoms. The summed E-state index contributed by atoms with van der Waals surface area (Å²) in [5, 5.41) is 6.95. The highest BCUT2D eigenvalue weighted by molar-refractivity contribution is 7.13. The molecule has 2 aromatic rings. The topological polar surface area (TPSA) is 89.5 Å². The molecule has 7 nitrogen and oxygen atoms in total. The van der Waals surface area contributed by atoms with Crippen molar-refractivity contribution in [2.45, 2.75) is 0 Å². The molecule has 0 saturated heterocycles. The third-order valence-electron chi connectivity index (χ3n) is 2.57. The number of carbonyl (C=O) groups excluding carboxylic acids is 2. The van der Waals surface area contributed by atoms with E-state index in [0.29, 0.717) is 10.9 Å². The summed E-state index contributed by atoms with van der Waals surface area (Å²) in [4.78, 5) is 26.9. The van der Waals surface area contributed by atoms with Gasteiger partial charge in [0.25, 0.3) is 0 Å². The van der Waals surface area contributed by atoms with Gasteiger partial charge in [0.15, 0.2) is 5.13 Å². The van der Waals surface area contributed by atoms with Crippen LogP contribution in [-0.2, 0) is 9.59 Å². The van der Waals surface area contributed by atoms with Crippen LogP contribution in [0.1, 0.15) is 0 Å². The van der Waals surface area contributed by atoms with E-state index in [4.69, 9.17) is 9.47 Å². The van der Waals surface area contributed by atoms with Gasteiger partial charge in [-0.1, -0.05) is 0 Å². The van der Waals surface area contributed by atoms with Crippen LogP contribution in [0.25, 0.3) is 0 Å². The lowest BCUT2D eigenvalue weighted by Crippen LogP contribution is -2.37. The van der Waals surface area contributed by atoms with Crippen LogP contribution >= 0.6 is 11.3 Å². The van der Waals surface area contributed by atoms with E-state index in [1.807, 2.05) is 0 Å². The monoisotopic (exact) mass is 321 g/mol. The maximum absolute atomic E-state index is 11.5. The molecule has 1 aromatic carbocycles. The minimum Gasteiger partial charge on any atom is -0.497 e. The van der Waals surface area contributed by atoms with E-state index < -0.39 is 11.8 Å². The normalized spacial score (nSPS) is 9.86. The minimum absolute atomic E-state index is 0.218. The third-order valence-corrected chi connectivity index (χ3v) is 3.26. The molecule has 2 rings (SSSR count). The molecule has 1 aromatic heterocycles. The summed E-state index contributed by atoms with van der Waals surface area (Å²) in [7, 11) is 1.59. The molecular formula is C14H15N3O4S. The van der Waals surface area contributed by atoms with Crippen molar-refractivity contribution in [1.82, 2.24) is 10.3 Å². The summed E-state index contributed by atoms with van der Waals surface area (Å²) in [6, 6.07) is 7.07. The molecule has 0 fully saturated rings. The van der Waals surface area contributed by atoms with Crippen LogP contribution in [0.4, 0.5) is 5.13 Å². The summed E-state index contributed by atoms with van der Waals surface area (Å²) in [5.74, 6) is -0.0882. The number of nitrogens with one attached hydrogen (secondary N) is 2. The van der Waals surface area contributed by atoms with Crippen LogP contribution in [0.2, 0.25) is 0 Å². The number of nitrogens with zero attached hydrogens (tertiary/aromatic N) is 1. The van der Waals surface area contributed by atoms with E-state index in [1.54, 1.807) is 43.0 Å². The van der Waals surface area contributed by atoms with Gasteiger partial charge in [-0.2, -0.15) is 0 Å². The number of anilines is 1. The predicted molar refractivity (Wildman–Crippen MR) is 82.2 cm³/mol. The number of methoxy groups -OCH3 is 1. The van der Waals surface area contributed by atoms with Gasteiger partial charge in [0.2, 0.25) is 0 Å². The highest BCUT2D eigenvalue weighted by Crippen LogP contribution is 2.16. The van der Waals surface area contributed by atoms with E-state index >= 15 is 0 Å². The molecule has 8 heteroatoms. The number of rotatable bonds is 6. The zero-order chi connectivity index (χ0) is 15.8. The molecule has 0 bridgehead atoms. The molecule has 0 spiro atoms. The SMILES string of the molecule is COc1ccc(OCCNC(=O)C(=O)Nc2nccs2)cc1. The van der Waals surface area contributed by atoms with Gasteiger partial charge < -0.3 is 14.8 Å². The Bertz CT molecular complexity index is 614. The number of amides is 2. The molecule has 0 aliphatic carbocycles. The molecule has 0 aliphatic rings. The Morgan fingerprint density at radius 3 is 2.55 bits per heavy atom. The van der Waals surface area contributed by atoms with Gasteiger partial charge in [-0.25, -0.2) is 4.98 Å². The molecule has 0 radical (unpaired) electrons. The lowest BCUT2D eigenvalue weighted by molar-refractivity contribution is -0.136. The van der Waals surface area contributed by atoms with Crippen molar-refractivity contribution in [3.63, 3.8) is 0 Å². The van der Waals surface area contributed by atoms with Gasteiger partial charge >= 0.3 is 11.8 Å². The van der Waals surface area contributed by atoms with Crippen LogP contribution in [0.5, 0.6) is 11.5 Å². The summed E-state index contributed by atoms with van der Waals surface area (Å²) in [5.41, 5.74) is 0. The number of carbonyl (C=O) groups is 2. The lowest BCUT2D eigenvalue weighted by atomic mass is 10.3. The summed E-state index contributed by atoms with van der Waals surface area (Å²) >= 11 is 1.24. The molecule has 0 aliphatic heterocycles. The molecule has 2 amide bonds. The Balaban J connectivity index is 1.67. The van der Waals surface area contributed by atoms with Crippen LogP contribution in [0, 0.1) is 0 Å². The Morgan fingerprint density at radius 1 is 1.18 bits per heavy atom. The fourth-order valence-corrected chi connectivity index (χ4v) is 2.05. The van der Waals surface area contributed by atoms with E-state index in [2.05, 4.69) is 15.6 Å². The molecule has 0 unspecified atom stereocenters. The van der Waals surface area contributed by atoms with E-state index in [-0.39, 0.29) is 13.2 Å². The van der Waals surface area contributed by atoms with Gasteiger partial charge in [0.05, 0.1) is 13.7 Å². The predicted octanol–water partition coefficient (Wildman–Crippen LogP) is 1.29. The second-order valence-electron chi connectivity index (χ2n) is 4.07. The highest BCUT2D eigenvalue weighted by atomic mass is 32.1. The fourth-order valence-electron chi connectivity index (χ4n) is 1.52. The number of benzene rings is 1. The van der Waals surface area contributed by atoms with Crippen molar-refractivity contribution in [3.8, 4) is 11.5 Å². The van der Waals surface area contributed by atoms with E-state index in [9.17, 15) is 9.59 Å². The maximum Gasteiger partial charge on any atom is 0.315 e. The smallest absolute Gasteiger partial charge is 0.315 e. The number of thiazole rings is 1. The highest BCUT2D eigenvalue weighted by Gasteiger charge is 2.13. The largest absolute Gasteiger partial charge is 0.497 e. The standard InChI is InChI=1S/C14H15N3O4S/c1-20-10-2-4-11(5-3-10)21-8-6-15-12(18)13(19)17-14-16-7-9-22-14/h2-5,7,9H,6,8H2,1H3,(H,15,18)(H,16,17,19). The van der Waals surface area contributed by atoms with Gasteiger partial charge in [0, 0.05) is 11.6 Å². The fraction of sp³-hybridized carbons (Fsp3) is 0.214. The average molecular weight is 321 g/mol. The Labute approximate surface area is 131 Å². The van der Waals surface area contributed by atoms with Crippen molar-refractivity contribution in [1.29, 1.82) is 0 Å². The van der Waals surface area contributed by atoms with Crippen LogP contribution in [-0.4, -0.2) is 37.1 Å². The Kier molecular flexibility index (Phi) is 5.73. The zero-order valence-electron chi connectivity index (χ0n) is 11.9. The Hall–Kier alpha value is -2.61. The number of aromatic nitrogens is 1. The van der Waals surface area contributed by atoms with Crippen molar-refractivity contribution >= 4 is 28.3 Å². The molecule has 2 N–H and O–H groups in total. The first kappa shape index (κ1) is 15.8. The first-order valence-electron chi connectivity index (χ1n) is 6.44. The second kappa shape index (κ2) is 7.99. The van der Waals surface area contributed by atoms with Crippen molar-refractivity contribution in [2.75, 3.05) is 25.6 Å². The van der Waals surface area contributed by atoms with E-state index in [1.165, 1.54) is 11.3 Å². The zero-order valence-corrected chi connectivity index (χ0v) is 12.7. The first-order chi connectivity index (χ1) is 10.7. The number of ether oxygens (including phenoxy) is 2. The number of hydrogen-bond acceptors (Lipinski definition) is 6. The van der Waals surface area contributed by atoms with E-state index in [0.717, 1.165) is 5.75 Å². The molecule has 1 heterocycles. The van der Waals surface area contributed by atoms with Crippen molar-refractivity contribution in [3.05, 3.63) is 35.8 Å². The second-order valence-corrected chi connectivity index (χ2v) is 4.97. The van der Waals surface area contributed by atoms with Crippen LogP contribution in [0.15, 0.2) is 35.8 Å². The number of hydrogen-bond donors (Lipinski definition) is 2. The van der Waals surface area contributed by atoms with Gasteiger partial charge in [-0.15, -0.1) is 11.3 Å². The van der Waals surface area contributed by atoms with Gasteiger partial charge in [0.1, 0.15) is 18.1 Å². The molecule has 0 saturated carbocycles. The van der Waals surface area contributed by atoms with Gasteiger partial charge in [-0.3, -0.25) is 14.9 Å². The summed E-state index contributed by atoms with van der Waals surface area (Å²) < 4.78 is 10.5. The minimum atomic E-state index is -0.751. The van der Waals surface area contributed by atoms with Crippen LogP contribution in [0.3, 0.4) is 0 Å². The lowest BCUT2D eigenvalue weighted by Gasteiger charge is -2.08. The van der Waals surface area contributed by atoms with Crippen LogP contribution < -0.4 is 20.1 Å². The van der Waals surface area contributed by atoms with Crippen molar-refractivity contribution < 1.29 is 19.1 Å². The van der Waals surface area contributed by atoms with Crippen molar-refractivity contribution in [2.24, 2.45) is 0 Å². The molecule has 116 valence electrons. The average Bonchev–Trinajstić information content (AvgIpc) is 3.04. The molecule has 0 atom stereocenters. The molecular weight excluding hydrogens is 306 g/mol. The summed E-state index contributed by atoms with van der Waals surface area (Å²) in [6.07, 6.45) is 1.54. The summed E-state index contributed by atoms with van der Waals surface area (Å²) in [6.45, 7) is 0.471. The third kappa shape index (κ3) is 4.74. The quantitative estimate of drug-likeness (QED) is 0.618. The maximum atomic E-state index is 11.5. The first-order valence-corrected chi connectivity index (χ1v) is 7.32. The van der Waals surface area contributed by atoms with Gasteiger partial charge in [-0.05, 0) is 24.3 Å².